The molecule has 1 aliphatic rings. The first-order valence-corrected chi connectivity index (χ1v) is 12.8. The Labute approximate surface area is 219 Å². The van der Waals surface area contributed by atoms with Crippen molar-refractivity contribution in [3.8, 4) is 16.9 Å². The van der Waals surface area contributed by atoms with Gasteiger partial charge in [-0.2, -0.15) is 0 Å². The lowest BCUT2D eigenvalue weighted by molar-refractivity contribution is 0.0570. The molecule has 1 aromatic heterocycles. The highest BCUT2D eigenvalue weighted by molar-refractivity contribution is 9.10. The Morgan fingerprint density at radius 3 is 2.61 bits per heavy atom. The van der Waals surface area contributed by atoms with Gasteiger partial charge < -0.3 is 14.4 Å². The molecular weight excluding hydrogens is 516 g/mol. The quantitative estimate of drug-likeness (QED) is 0.304. The van der Waals surface area contributed by atoms with Gasteiger partial charge in [0.25, 0.3) is 5.91 Å². The van der Waals surface area contributed by atoms with Crippen LogP contribution in [0.15, 0.2) is 95.7 Å². The van der Waals surface area contributed by atoms with Crippen LogP contribution in [0.3, 0.4) is 0 Å². The lowest BCUT2D eigenvalue weighted by atomic mass is 9.98. The van der Waals surface area contributed by atoms with Gasteiger partial charge in [0, 0.05) is 41.9 Å². The largest absolute Gasteiger partial charge is 0.491 e. The maximum Gasteiger partial charge on any atom is 0.255 e. The predicted molar refractivity (Wildman–Crippen MR) is 144 cm³/mol. The van der Waals surface area contributed by atoms with Crippen molar-refractivity contribution in [3.05, 3.63) is 118 Å². The minimum Gasteiger partial charge on any atom is -0.491 e. The van der Waals surface area contributed by atoms with Crippen molar-refractivity contribution in [1.29, 1.82) is 0 Å². The summed E-state index contributed by atoms with van der Waals surface area (Å²) < 4.78 is 12.8. The summed E-state index contributed by atoms with van der Waals surface area (Å²) in [5.41, 5.74) is 6.17. The van der Waals surface area contributed by atoms with E-state index in [2.05, 4.69) is 63.4 Å². The third-order valence-corrected chi connectivity index (χ3v) is 6.89. The van der Waals surface area contributed by atoms with Crippen LogP contribution in [0.2, 0.25) is 0 Å². The second-order valence-electron chi connectivity index (χ2n) is 8.73. The van der Waals surface area contributed by atoms with Gasteiger partial charge in [0.05, 0.1) is 18.8 Å². The van der Waals surface area contributed by atoms with Crippen LogP contribution in [-0.4, -0.2) is 42.2 Å². The zero-order valence-electron chi connectivity index (χ0n) is 19.9. The molecule has 0 N–H and O–H groups in total. The van der Waals surface area contributed by atoms with E-state index in [0.717, 1.165) is 38.9 Å². The molecule has 1 amide bonds. The lowest BCUT2D eigenvalue weighted by Crippen LogP contribution is -2.34. The molecule has 4 aromatic rings. The molecule has 0 saturated heterocycles. The average molecular weight is 543 g/mol. The Hall–Kier alpha value is -3.48. The third kappa shape index (κ3) is 5.83. The Morgan fingerprint density at radius 1 is 0.861 bits per heavy atom. The first-order valence-electron chi connectivity index (χ1n) is 12.0. The Morgan fingerprint density at radius 2 is 1.75 bits per heavy atom. The first kappa shape index (κ1) is 24.2. The minimum atomic E-state index is -0.0220. The summed E-state index contributed by atoms with van der Waals surface area (Å²) >= 11 is 3.52. The van der Waals surface area contributed by atoms with Gasteiger partial charge in [-0.05, 0) is 68.5 Å². The van der Waals surface area contributed by atoms with Crippen molar-refractivity contribution < 1.29 is 14.3 Å². The number of carbonyl (C=O) groups excluding carboxylic acids is 1. The number of pyridine rings is 1. The molecule has 3 aromatic carbocycles. The van der Waals surface area contributed by atoms with Crippen molar-refractivity contribution in [2.45, 2.75) is 13.0 Å². The molecule has 2 bridgehead atoms. The SMILES string of the molecule is O=C(c1ccccc1Br)N1CCOCCOc2ccc(-c3cccnc3)cc2Cc2cccc(c2)C1. The highest BCUT2D eigenvalue weighted by Gasteiger charge is 2.19. The first-order chi connectivity index (χ1) is 17.7. The molecule has 36 heavy (non-hydrogen) atoms. The van der Waals surface area contributed by atoms with E-state index in [1.54, 1.807) is 6.20 Å². The fourth-order valence-electron chi connectivity index (χ4n) is 4.39. The fourth-order valence-corrected chi connectivity index (χ4v) is 4.85. The van der Waals surface area contributed by atoms with Crippen LogP contribution in [0.25, 0.3) is 11.1 Å². The van der Waals surface area contributed by atoms with Gasteiger partial charge >= 0.3 is 0 Å². The van der Waals surface area contributed by atoms with Gasteiger partial charge in [-0.1, -0.05) is 48.5 Å². The molecule has 6 heteroatoms. The van der Waals surface area contributed by atoms with E-state index in [-0.39, 0.29) is 5.91 Å². The monoisotopic (exact) mass is 542 g/mol. The molecule has 0 saturated carbocycles. The fraction of sp³-hybridized carbons (Fsp3) is 0.200. The molecule has 0 spiro atoms. The number of aromatic nitrogens is 1. The number of hydrogen-bond donors (Lipinski definition) is 0. The minimum absolute atomic E-state index is 0.0220. The molecule has 0 atom stereocenters. The van der Waals surface area contributed by atoms with Gasteiger partial charge in [0.1, 0.15) is 12.4 Å². The maximum absolute atomic E-state index is 13.4. The van der Waals surface area contributed by atoms with Crippen LogP contribution < -0.4 is 4.74 Å². The second-order valence-corrected chi connectivity index (χ2v) is 9.58. The smallest absolute Gasteiger partial charge is 0.255 e. The molecule has 5 nitrogen and oxygen atoms in total. The Balaban J connectivity index is 1.45. The molecule has 182 valence electrons. The van der Waals surface area contributed by atoms with Crippen LogP contribution >= 0.6 is 15.9 Å². The van der Waals surface area contributed by atoms with Crippen LogP contribution in [-0.2, 0) is 17.7 Å². The van der Waals surface area contributed by atoms with E-state index in [1.807, 2.05) is 47.5 Å². The van der Waals surface area contributed by atoms with E-state index in [1.165, 1.54) is 5.56 Å². The summed E-state index contributed by atoms with van der Waals surface area (Å²) in [6, 6.07) is 26.2. The molecule has 0 aliphatic carbocycles. The number of nitrogens with zero attached hydrogens (tertiary/aromatic N) is 2. The van der Waals surface area contributed by atoms with Gasteiger partial charge in [-0.15, -0.1) is 0 Å². The summed E-state index contributed by atoms with van der Waals surface area (Å²) in [7, 11) is 0. The predicted octanol–water partition coefficient (Wildman–Crippen LogP) is 6.15. The standard InChI is InChI=1S/C30H27BrN2O3/c31-28-9-2-1-8-27(28)30(34)33-13-14-35-15-16-36-29-11-10-24(25-7-4-12-32-20-25)19-26(29)18-22-5-3-6-23(17-22)21-33/h1-12,17,19-20H,13-16,18,21H2. The molecule has 1 aliphatic heterocycles. The lowest BCUT2D eigenvalue weighted by Gasteiger charge is -2.24. The number of rotatable bonds is 2. The molecule has 0 radical (unpaired) electrons. The van der Waals surface area contributed by atoms with Crippen molar-refractivity contribution in [2.75, 3.05) is 26.4 Å². The van der Waals surface area contributed by atoms with Crippen LogP contribution in [0, 0.1) is 0 Å². The molecular formula is C30H27BrN2O3. The molecule has 5 rings (SSSR count). The highest BCUT2D eigenvalue weighted by Crippen LogP contribution is 2.29. The average Bonchev–Trinajstić information content (AvgIpc) is 2.91. The van der Waals surface area contributed by atoms with Crippen LogP contribution in [0.4, 0.5) is 0 Å². The zero-order chi connectivity index (χ0) is 24.7. The number of carbonyl (C=O) groups is 1. The van der Waals surface area contributed by atoms with E-state index >= 15 is 0 Å². The number of halogens is 1. The zero-order valence-corrected chi connectivity index (χ0v) is 21.5. The van der Waals surface area contributed by atoms with E-state index in [9.17, 15) is 4.79 Å². The van der Waals surface area contributed by atoms with Crippen molar-refractivity contribution in [1.82, 2.24) is 9.88 Å². The molecule has 2 heterocycles. The molecule has 0 fully saturated rings. The summed E-state index contributed by atoms with van der Waals surface area (Å²) in [5.74, 6) is 0.839. The van der Waals surface area contributed by atoms with Crippen molar-refractivity contribution in [2.24, 2.45) is 0 Å². The summed E-state index contributed by atoms with van der Waals surface area (Å²) in [6.07, 6.45) is 4.37. The number of fused-ring (bicyclic) bond motifs is 3. The topological polar surface area (TPSA) is 51.7 Å². The van der Waals surface area contributed by atoms with Crippen molar-refractivity contribution in [3.63, 3.8) is 0 Å². The number of hydrogen-bond acceptors (Lipinski definition) is 4. The van der Waals surface area contributed by atoms with Gasteiger partial charge in [-0.3, -0.25) is 9.78 Å². The van der Waals surface area contributed by atoms with E-state index in [4.69, 9.17) is 9.47 Å². The highest BCUT2D eigenvalue weighted by atomic mass is 79.9. The summed E-state index contributed by atoms with van der Waals surface area (Å²) in [5, 5.41) is 0. The van der Waals surface area contributed by atoms with Crippen molar-refractivity contribution >= 4 is 21.8 Å². The van der Waals surface area contributed by atoms with E-state index < -0.39 is 0 Å². The normalized spacial score (nSPS) is 14.3. The maximum atomic E-state index is 13.4. The number of ether oxygens (including phenoxy) is 2. The number of amides is 1. The van der Waals surface area contributed by atoms with Gasteiger partial charge in [0.15, 0.2) is 0 Å². The summed E-state index contributed by atoms with van der Waals surface area (Å²) in [6.45, 7) is 2.33. The van der Waals surface area contributed by atoms with Gasteiger partial charge in [0.2, 0.25) is 0 Å². The van der Waals surface area contributed by atoms with Gasteiger partial charge in [-0.25, -0.2) is 0 Å². The second kappa shape index (κ2) is 11.5. The number of benzene rings is 3. The third-order valence-electron chi connectivity index (χ3n) is 6.20. The van der Waals surface area contributed by atoms with Crippen LogP contribution in [0.1, 0.15) is 27.0 Å². The summed E-state index contributed by atoms with van der Waals surface area (Å²) in [4.78, 5) is 19.5. The van der Waals surface area contributed by atoms with Crippen LogP contribution in [0.5, 0.6) is 5.75 Å². The Kier molecular flexibility index (Phi) is 7.74. The van der Waals surface area contributed by atoms with E-state index in [0.29, 0.717) is 38.5 Å². The Bertz CT molecular complexity index is 1340. The molecule has 0 unspecified atom stereocenters.